The summed E-state index contributed by atoms with van der Waals surface area (Å²) in [4.78, 5) is 0. The summed E-state index contributed by atoms with van der Waals surface area (Å²) in [7, 11) is 0. The molecule has 1 heterocycles. The van der Waals surface area contributed by atoms with Crippen LogP contribution in [-0.2, 0) is 4.74 Å². The molecule has 4 heteroatoms. The van der Waals surface area contributed by atoms with Gasteiger partial charge in [0, 0.05) is 24.5 Å². The van der Waals surface area contributed by atoms with Gasteiger partial charge in [-0.3, -0.25) is 0 Å². The van der Waals surface area contributed by atoms with Gasteiger partial charge in [-0.1, -0.05) is 13.8 Å². The highest BCUT2D eigenvalue weighted by Crippen LogP contribution is 2.37. The fourth-order valence-electron chi connectivity index (χ4n) is 2.71. The van der Waals surface area contributed by atoms with Crippen LogP contribution in [0.15, 0.2) is 6.07 Å². The van der Waals surface area contributed by atoms with Crippen LogP contribution < -0.4 is 5.73 Å². The van der Waals surface area contributed by atoms with Gasteiger partial charge in [-0.15, -0.1) is 0 Å². The third-order valence-electron chi connectivity index (χ3n) is 3.73. The van der Waals surface area contributed by atoms with Crippen molar-refractivity contribution in [1.82, 2.24) is 0 Å². The van der Waals surface area contributed by atoms with Crippen molar-refractivity contribution in [3.05, 3.63) is 28.6 Å². The van der Waals surface area contributed by atoms with Gasteiger partial charge in [0.25, 0.3) is 0 Å². The zero-order valence-electron chi connectivity index (χ0n) is 11.4. The summed E-state index contributed by atoms with van der Waals surface area (Å²) in [6, 6.07) is 3.55. The molecular weight excluding hydrogens is 243 g/mol. The Bertz CT molecular complexity index is 514. The van der Waals surface area contributed by atoms with Crippen LogP contribution in [0.25, 0.3) is 0 Å². The highest BCUT2D eigenvalue weighted by atomic mass is 19.1. The zero-order chi connectivity index (χ0) is 14.0. The maximum absolute atomic E-state index is 14.2. The van der Waals surface area contributed by atoms with Crippen molar-refractivity contribution in [1.29, 1.82) is 5.26 Å². The molecule has 1 aromatic rings. The lowest BCUT2D eigenvalue weighted by Crippen LogP contribution is -2.17. The minimum Gasteiger partial charge on any atom is -0.398 e. The Labute approximate surface area is 113 Å². The van der Waals surface area contributed by atoms with Gasteiger partial charge >= 0.3 is 0 Å². The molecular formula is C15H19FN2O. The predicted octanol–water partition coefficient (Wildman–Crippen LogP) is 3.30. The van der Waals surface area contributed by atoms with Gasteiger partial charge in [-0.25, -0.2) is 4.39 Å². The van der Waals surface area contributed by atoms with E-state index in [-0.39, 0.29) is 17.4 Å². The van der Waals surface area contributed by atoms with Crippen molar-refractivity contribution in [2.45, 2.75) is 38.5 Å². The van der Waals surface area contributed by atoms with Gasteiger partial charge in [0.2, 0.25) is 0 Å². The number of hydrogen-bond donors (Lipinski definition) is 1. The number of anilines is 1. The number of nitrogens with zero attached hydrogens (tertiary/aromatic N) is 1. The Kier molecular flexibility index (Phi) is 4.06. The molecule has 2 rings (SSSR count). The molecule has 0 radical (unpaired) electrons. The molecule has 0 aromatic heterocycles. The summed E-state index contributed by atoms with van der Waals surface area (Å²) in [5, 5.41) is 9.08. The Morgan fingerprint density at radius 2 is 2.05 bits per heavy atom. The second kappa shape index (κ2) is 5.58. The topological polar surface area (TPSA) is 59.0 Å². The van der Waals surface area contributed by atoms with E-state index in [0.29, 0.717) is 24.5 Å². The van der Waals surface area contributed by atoms with Crippen LogP contribution in [0.2, 0.25) is 0 Å². The number of hydrogen-bond acceptors (Lipinski definition) is 3. The molecule has 19 heavy (non-hydrogen) atoms. The minimum atomic E-state index is -0.467. The van der Waals surface area contributed by atoms with Crippen LogP contribution in [0.5, 0.6) is 0 Å². The highest BCUT2D eigenvalue weighted by Gasteiger charge is 2.24. The first-order chi connectivity index (χ1) is 9.06. The number of nitriles is 1. The van der Waals surface area contributed by atoms with Crippen LogP contribution in [0.1, 0.15) is 55.2 Å². The first-order valence-corrected chi connectivity index (χ1v) is 6.65. The van der Waals surface area contributed by atoms with E-state index in [4.69, 9.17) is 15.7 Å². The van der Waals surface area contributed by atoms with E-state index in [2.05, 4.69) is 0 Å². The monoisotopic (exact) mass is 262 g/mol. The highest BCUT2D eigenvalue weighted by molar-refractivity contribution is 5.61. The molecule has 1 aliphatic heterocycles. The van der Waals surface area contributed by atoms with Crippen LogP contribution in [0.3, 0.4) is 0 Å². The molecule has 1 aliphatic rings. The van der Waals surface area contributed by atoms with E-state index in [1.165, 1.54) is 0 Å². The average Bonchev–Trinajstić information content (AvgIpc) is 2.39. The van der Waals surface area contributed by atoms with Gasteiger partial charge in [-0.2, -0.15) is 5.26 Å². The Morgan fingerprint density at radius 3 is 2.58 bits per heavy atom. The molecule has 1 aromatic carbocycles. The van der Waals surface area contributed by atoms with E-state index in [1.807, 2.05) is 19.9 Å². The molecule has 0 atom stereocenters. The van der Waals surface area contributed by atoms with Gasteiger partial charge in [0.15, 0.2) is 0 Å². The van der Waals surface area contributed by atoms with Gasteiger partial charge < -0.3 is 10.5 Å². The fourth-order valence-corrected chi connectivity index (χ4v) is 2.71. The first-order valence-electron chi connectivity index (χ1n) is 6.65. The molecule has 3 nitrogen and oxygen atoms in total. The molecule has 2 N–H and O–H groups in total. The summed E-state index contributed by atoms with van der Waals surface area (Å²) in [6.07, 6.45) is 1.75. The quantitative estimate of drug-likeness (QED) is 0.832. The largest absolute Gasteiger partial charge is 0.398 e. The van der Waals surface area contributed by atoms with Crippen molar-refractivity contribution in [2.75, 3.05) is 18.9 Å². The van der Waals surface area contributed by atoms with Gasteiger partial charge in [-0.05, 0) is 36.3 Å². The standard InChI is InChI=1S/C15H19FN2O/c1-9(2)13-14(16)11(8-17)7-12(15(13)18)10-3-5-19-6-4-10/h7,9-10H,3-6,18H2,1-2H3. The molecule has 0 spiro atoms. The summed E-state index contributed by atoms with van der Waals surface area (Å²) in [5.74, 6) is -0.239. The third-order valence-corrected chi connectivity index (χ3v) is 3.73. The molecule has 0 saturated carbocycles. The Balaban J connectivity index is 2.54. The Hall–Kier alpha value is -1.60. The van der Waals surface area contributed by atoms with Crippen molar-refractivity contribution in [3.63, 3.8) is 0 Å². The lowest BCUT2D eigenvalue weighted by atomic mass is 9.85. The lowest BCUT2D eigenvalue weighted by molar-refractivity contribution is 0.0854. The average molecular weight is 262 g/mol. The normalized spacial score (nSPS) is 16.6. The smallest absolute Gasteiger partial charge is 0.146 e. The summed E-state index contributed by atoms with van der Waals surface area (Å²) in [6.45, 7) is 5.17. The van der Waals surface area contributed by atoms with E-state index >= 15 is 0 Å². The molecule has 1 saturated heterocycles. The number of halogens is 1. The molecule has 0 aliphatic carbocycles. The van der Waals surface area contributed by atoms with Gasteiger partial charge in [0.05, 0.1) is 5.56 Å². The number of nitrogen functional groups attached to an aromatic ring is 1. The van der Waals surface area contributed by atoms with Crippen molar-refractivity contribution in [2.24, 2.45) is 0 Å². The summed E-state index contributed by atoms with van der Waals surface area (Å²) >= 11 is 0. The number of rotatable bonds is 2. The molecule has 102 valence electrons. The third kappa shape index (κ3) is 2.57. The van der Waals surface area contributed by atoms with Crippen LogP contribution in [0.4, 0.5) is 10.1 Å². The van der Waals surface area contributed by atoms with E-state index in [0.717, 1.165) is 18.4 Å². The number of ether oxygens (including phenoxy) is 1. The second-order valence-corrected chi connectivity index (χ2v) is 5.31. The maximum atomic E-state index is 14.2. The van der Waals surface area contributed by atoms with E-state index in [9.17, 15) is 4.39 Å². The maximum Gasteiger partial charge on any atom is 0.146 e. The minimum absolute atomic E-state index is 0.0353. The summed E-state index contributed by atoms with van der Waals surface area (Å²) in [5.41, 5.74) is 8.14. The van der Waals surface area contributed by atoms with Gasteiger partial charge in [0.1, 0.15) is 11.9 Å². The van der Waals surface area contributed by atoms with E-state index in [1.54, 1.807) is 6.07 Å². The molecule has 1 fully saturated rings. The van der Waals surface area contributed by atoms with Crippen molar-refractivity contribution in [3.8, 4) is 6.07 Å². The predicted molar refractivity (Wildman–Crippen MR) is 72.4 cm³/mol. The molecule has 0 unspecified atom stereocenters. The molecule has 0 amide bonds. The van der Waals surface area contributed by atoms with Crippen molar-refractivity contribution < 1.29 is 9.13 Å². The number of nitrogens with two attached hydrogens (primary N) is 1. The van der Waals surface area contributed by atoms with Crippen molar-refractivity contribution >= 4 is 5.69 Å². The van der Waals surface area contributed by atoms with Crippen LogP contribution >= 0.6 is 0 Å². The zero-order valence-corrected chi connectivity index (χ0v) is 11.4. The van der Waals surface area contributed by atoms with Crippen LogP contribution in [-0.4, -0.2) is 13.2 Å². The number of benzene rings is 1. The lowest BCUT2D eigenvalue weighted by Gasteiger charge is -2.26. The fraction of sp³-hybridized carbons (Fsp3) is 0.533. The molecule has 0 bridgehead atoms. The SMILES string of the molecule is CC(C)c1c(N)c(C2CCOCC2)cc(C#N)c1F. The first kappa shape index (κ1) is 13.8. The summed E-state index contributed by atoms with van der Waals surface area (Å²) < 4.78 is 19.5. The Morgan fingerprint density at radius 1 is 1.42 bits per heavy atom. The van der Waals surface area contributed by atoms with Crippen LogP contribution in [0, 0.1) is 17.1 Å². The van der Waals surface area contributed by atoms with E-state index < -0.39 is 5.82 Å². The second-order valence-electron chi connectivity index (χ2n) is 5.31.